The lowest BCUT2D eigenvalue weighted by Gasteiger charge is -2.36. The highest BCUT2D eigenvalue weighted by molar-refractivity contribution is 9.10. The van der Waals surface area contributed by atoms with Gasteiger partial charge in [0.1, 0.15) is 11.6 Å². The first-order valence-electron chi connectivity index (χ1n) is 7.03. The average molecular weight is 348 g/mol. The van der Waals surface area contributed by atoms with Crippen LogP contribution in [-0.2, 0) is 6.42 Å². The first kappa shape index (κ1) is 15.9. The van der Waals surface area contributed by atoms with Gasteiger partial charge in [-0.15, -0.1) is 0 Å². The number of benzene rings is 1. The first-order valence-corrected chi connectivity index (χ1v) is 7.82. The Morgan fingerprint density at radius 1 is 1.35 bits per heavy atom. The highest BCUT2D eigenvalue weighted by Gasteiger charge is 2.34. The number of nitrogens with one attached hydrogen (secondary N) is 1. The van der Waals surface area contributed by atoms with Crippen molar-refractivity contribution < 1.29 is 13.9 Å². The topological polar surface area (TPSA) is 32.3 Å². The van der Waals surface area contributed by atoms with E-state index >= 15 is 0 Å². The molecule has 0 aromatic heterocycles. The van der Waals surface area contributed by atoms with E-state index in [-0.39, 0.29) is 16.5 Å². The summed E-state index contributed by atoms with van der Waals surface area (Å²) < 4.78 is 28.0. The van der Waals surface area contributed by atoms with Crippen LogP contribution in [0, 0.1) is 11.6 Å². The van der Waals surface area contributed by atoms with Crippen LogP contribution >= 0.6 is 15.9 Å². The summed E-state index contributed by atoms with van der Waals surface area (Å²) in [5, 5.41) is 13.9. The summed E-state index contributed by atoms with van der Waals surface area (Å²) in [5.41, 5.74) is -1.03. The number of hydrogen-bond acceptors (Lipinski definition) is 2. The van der Waals surface area contributed by atoms with Gasteiger partial charge in [-0.3, -0.25) is 0 Å². The van der Waals surface area contributed by atoms with Crippen molar-refractivity contribution in [2.75, 3.05) is 6.54 Å². The van der Waals surface area contributed by atoms with E-state index in [2.05, 4.69) is 21.2 Å². The van der Waals surface area contributed by atoms with Crippen LogP contribution in [0.3, 0.4) is 0 Å². The fraction of sp³-hybridized carbons (Fsp3) is 0.600. The zero-order valence-corrected chi connectivity index (χ0v) is 13.1. The predicted molar refractivity (Wildman–Crippen MR) is 78.6 cm³/mol. The molecule has 0 heterocycles. The normalized spacial score (nSPS) is 26.8. The zero-order chi connectivity index (χ0) is 14.8. The quantitative estimate of drug-likeness (QED) is 0.816. The van der Waals surface area contributed by atoms with E-state index in [0.717, 1.165) is 19.4 Å². The molecular weight excluding hydrogens is 328 g/mol. The summed E-state index contributed by atoms with van der Waals surface area (Å²) in [6, 6.07) is 2.98. The Kier molecular flexibility index (Phi) is 5.15. The molecule has 5 heteroatoms. The molecule has 0 unspecified atom stereocenters. The van der Waals surface area contributed by atoms with Crippen LogP contribution in [0.5, 0.6) is 0 Å². The molecule has 0 spiro atoms. The Morgan fingerprint density at radius 2 is 2.00 bits per heavy atom. The van der Waals surface area contributed by atoms with Crippen molar-refractivity contribution in [3.63, 3.8) is 0 Å². The van der Waals surface area contributed by atoms with Gasteiger partial charge in [-0.05, 0) is 60.3 Å². The molecule has 0 aliphatic heterocycles. The molecule has 0 bridgehead atoms. The van der Waals surface area contributed by atoms with Crippen molar-refractivity contribution in [1.29, 1.82) is 0 Å². The molecule has 20 heavy (non-hydrogen) atoms. The SMILES string of the molecule is CCNC1CCC(O)(Cc2c(F)ccc(Br)c2F)CC1. The molecule has 2 N–H and O–H groups in total. The van der Waals surface area contributed by atoms with Crippen molar-refractivity contribution in [3.8, 4) is 0 Å². The summed E-state index contributed by atoms with van der Waals surface area (Å²) in [6.45, 7) is 2.95. The van der Waals surface area contributed by atoms with E-state index in [1.54, 1.807) is 0 Å². The largest absolute Gasteiger partial charge is 0.390 e. The maximum absolute atomic E-state index is 14.0. The zero-order valence-electron chi connectivity index (χ0n) is 11.6. The fourth-order valence-electron chi connectivity index (χ4n) is 2.88. The van der Waals surface area contributed by atoms with Gasteiger partial charge in [-0.25, -0.2) is 8.78 Å². The van der Waals surface area contributed by atoms with Gasteiger partial charge < -0.3 is 10.4 Å². The van der Waals surface area contributed by atoms with Crippen LogP contribution < -0.4 is 5.32 Å². The van der Waals surface area contributed by atoms with Gasteiger partial charge in [-0.1, -0.05) is 6.92 Å². The van der Waals surface area contributed by atoms with Crippen LogP contribution in [0.15, 0.2) is 16.6 Å². The predicted octanol–water partition coefficient (Wildman–Crippen LogP) is 3.55. The Morgan fingerprint density at radius 3 is 2.60 bits per heavy atom. The highest BCUT2D eigenvalue weighted by Crippen LogP contribution is 2.34. The number of rotatable bonds is 4. The molecule has 1 saturated carbocycles. The third kappa shape index (κ3) is 3.57. The molecule has 112 valence electrons. The summed E-state index contributed by atoms with van der Waals surface area (Å²) >= 11 is 3.06. The molecule has 1 aliphatic rings. The molecule has 2 nitrogen and oxygen atoms in total. The van der Waals surface area contributed by atoms with Crippen LogP contribution in [0.25, 0.3) is 0 Å². The van der Waals surface area contributed by atoms with Gasteiger partial charge in [0.25, 0.3) is 0 Å². The van der Waals surface area contributed by atoms with E-state index in [1.165, 1.54) is 12.1 Å². The lowest BCUT2D eigenvalue weighted by molar-refractivity contribution is -0.00432. The second-order valence-electron chi connectivity index (χ2n) is 5.55. The van der Waals surface area contributed by atoms with E-state index in [9.17, 15) is 13.9 Å². The lowest BCUT2D eigenvalue weighted by atomic mass is 9.78. The monoisotopic (exact) mass is 347 g/mol. The summed E-state index contributed by atoms with van der Waals surface area (Å²) in [6.07, 6.45) is 2.83. The molecule has 1 fully saturated rings. The number of halogens is 3. The molecular formula is C15H20BrF2NO. The molecule has 0 radical (unpaired) electrons. The van der Waals surface area contributed by atoms with E-state index in [4.69, 9.17) is 0 Å². The van der Waals surface area contributed by atoms with Gasteiger partial charge in [0.15, 0.2) is 0 Å². The van der Waals surface area contributed by atoms with Gasteiger partial charge in [-0.2, -0.15) is 0 Å². The molecule has 1 aromatic rings. The van der Waals surface area contributed by atoms with Gasteiger partial charge in [0, 0.05) is 18.0 Å². The van der Waals surface area contributed by atoms with E-state index < -0.39 is 17.2 Å². The van der Waals surface area contributed by atoms with Crippen LogP contribution in [0.2, 0.25) is 0 Å². The van der Waals surface area contributed by atoms with E-state index in [1.807, 2.05) is 6.92 Å². The molecule has 1 aliphatic carbocycles. The van der Waals surface area contributed by atoms with Gasteiger partial charge in [0.05, 0.1) is 10.1 Å². The van der Waals surface area contributed by atoms with Crippen molar-refractivity contribution >= 4 is 15.9 Å². The Bertz CT molecular complexity index is 473. The third-order valence-electron chi connectivity index (χ3n) is 4.05. The molecule has 0 amide bonds. The van der Waals surface area contributed by atoms with Crippen LogP contribution in [0.4, 0.5) is 8.78 Å². The Balaban J connectivity index is 2.09. The molecule has 1 aromatic carbocycles. The van der Waals surface area contributed by atoms with Crippen molar-refractivity contribution in [2.45, 2.75) is 50.7 Å². The molecule has 2 rings (SSSR count). The third-order valence-corrected chi connectivity index (χ3v) is 4.67. The van der Waals surface area contributed by atoms with Crippen molar-refractivity contribution in [2.24, 2.45) is 0 Å². The van der Waals surface area contributed by atoms with Crippen LogP contribution in [0.1, 0.15) is 38.2 Å². The van der Waals surface area contributed by atoms with Crippen LogP contribution in [-0.4, -0.2) is 23.3 Å². The maximum atomic E-state index is 14.0. The minimum Gasteiger partial charge on any atom is -0.390 e. The standard InChI is InChI=1S/C15H20BrF2NO/c1-2-19-10-5-7-15(20,8-6-10)9-11-13(17)4-3-12(16)14(11)18/h3-4,10,19-20H,2,5-9H2,1H3. The van der Waals surface area contributed by atoms with Gasteiger partial charge in [0.2, 0.25) is 0 Å². The Labute approximate surface area is 126 Å². The number of hydrogen-bond donors (Lipinski definition) is 2. The molecule has 0 atom stereocenters. The fourth-order valence-corrected chi connectivity index (χ4v) is 3.26. The first-order chi connectivity index (χ1) is 9.45. The summed E-state index contributed by atoms with van der Waals surface area (Å²) in [7, 11) is 0. The molecule has 0 saturated heterocycles. The highest BCUT2D eigenvalue weighted by atomic mass is 79.9. The maximum Gasteiger partial charge on any atom is 0.143 e. The second-order valence-corrected chi connectivity index (χ2v) is 6.41. The van der Waals surface area contributed by atoms with Gasteiger partial charge >= 0.3 is 0 Å². The average Bonchev–Trinajstić information content (AvgIpc) is 2.43. The van der Waals surface area contributed by atoms with E-state index in [0.29, 0.717) is 18.9 Å². The van der Waals surface area contributed by atoms with Crippen molar-refractivity contribution in [1.82, 2.24) is 5.32 Å². The number of aliphatic hydroxyl groups is 1. The van der Waals surface area contributed by atoms with Crippen molar-refractivity contribution in [3.05, 3.63) is 33.8 Å². The summed E-state index contributed by atoms with van der Waals surface area (Å²) in [5.74, 6) is -1.19. The minimum atomic E-state index is -1.01. The Hall–Kier alpha value is -0.520. The second kappa shape index (κ2) is 6.50. The lowest BCUT2D eigenvalue weighted by Crippen LogP contribution is -2.42. The smallest absolute Gasteiger partial charge is 0.143 e. The minimum absolute atomic E-state index is 0.0243. The summed E-state index contributed by atoms with van der Waals surface area (Å²) in [4.78, 5) is 0.